The number of amides is 1. The van der Waals surface area contributed by atoms with E-state index >= 15 is 0 Å². The Balaban J connectivity index is 1.92. The molecule has 0 aliphatic carbocycles. The van der Waals surface area contributed by atoms with Crippen molar-refractivity contribution in [3.05, 3.63) is 41.7 Å². The van der Waals surface area contributed by atoms with Crippen LogP contribution in [0.15, 0.2) is 35.6 Å². The molecule has 0 aliphatic rings. The summed E-state index contributed by atoms with van der Waals surface area (Å²) in [6, 6.07) is 4.52. The number of aromatic hydroxyl groups is 2. The largest absolute Gasteiger partial charge is 0.508 e. The highest BCUT2D eigenvalue weighted by atomic mass is 19.4. The molecule has 2 aromatic rings. The Kier molecular flexibility index (Phi) is 4.53. The van der Waals surface area contributed by atoms with Gasteiger partial charge in [0, 0.05) is 17.8 Å². The molecule has 1 aromatic heterocycles. The van der Waals surface area contributed by atoms with Crippen molar-refractivity contribution in [3.63, 3.8) is 0 Å². The van der Waals surface area contributed by atoms with E-state index in [1.54, 1.807) is 0 Å². The zero-order chi connectivity index (χ0) is 17.0. The van der Waals surface area contributed by atoms with Crippen LogP contribution in [0.1, 0.15) is 11.3 Å². The Labute approximate surface area is 127 Å². The van der Waals surface area contributed by atoms with Crippen molar-refractivity contribution in [1.29, 1.82) is 0 Å². The molecule has 1 amide bonds. The molecule has 0 aliphatic heterocycles. The minimum atomic E-state index is -4.57. The first-order valence-electron chi connectivity index (χ1n) is 6.20. The van der Waals surface area contributed by atoms with Gasteiger partial charge in [0.1, 0.15) is 18.0 Å². The highest BCUT2D eigenvalue weighted by Gasteiger charge is 2.33. The van der Waals surface area contributed by atoms with E-state index < -0.39 is 24.3 Å². The second kappa shape index (κ2) is 6.38. The molecule has 3 N–H and O–H groups in total. The maximum atomic E-state index is 12.4. The number of hydrogen-bond donors (Lipinski definition) is 3. The molecule has 1 aromatic carbocycles. The summed E-state index contributed by atoms with van der Waals surface area (Å²) in [5, 5.41) is 25.4. The van der Waals surface area contributed by atoms with Crippen molar-refractivity contribution in [1.82, 2.24) is 15.2 Å². The Morgan fingerprint density at radius 2 is 2.09 bits per heavy atom. The molecule has 1 heterocycles. The lowest BCUT2D eigenvalue weighted by Crippen LogP contribution is -2.23. The molecule has 10 heteroatoms. The van der Waals surface area contributed by atoms with E-state index in [0.717, 1.165) is 29.2 Å². The molecule has 0 bridgehead atoms. The zero-order valence-corrected chi connectivity index (χ0v) is 11.4. The number of hydrogen-bond acceptors (Lipinski definition) is 5. The molecular formula is C13H11F3N4O3. The third kappa shape index (κ3) is 4.46. The lowest BCUT2D eigenvalue weighted by atomic mass is 10.2. The summed E-state index contributed by atoms with van der Waals surface area (Å²) >= 11 is 0. The highest BCUT2D eigenvalue weighted by molar-refractivity contribution is 5.85. The number of carbonyl (C=O) groups excluding carboxylic acids is 1. The van der Waals surface area contributed by atoms with Gasteiger partial charge in [-0.25, -0.2) is 5.43 Å². The van der Waals surface area contributed by atoms with Crippen LogP contribution >= 0.6 is 0 Å². The molecule has 0 saturated heterocycles. The number of nitrogens with one attached hydrogen (secondary N) is 1. The van der Waals surface area contributed by atoms with Gasteiger partial charge in [-0.2, -0.15) is 23.4 Å². The van der Waals surface area contributed by atoms with Gasteiger partial charge in [-0.15, -0.1) is 0 Å². The number of rotatable bonds is 4. The number of aromatic nitrogens is 2. The van der Waals surface area contributed by atoms with Gasteiger partial charge in [0.25, 0.3) is 5.91 Å². The van der Waals surface area contributed by atoms with Crippen LogP contribution in [0.4, 0.5) is 13.2 Å². The van der Waals surface area contributed by atoms with Gasteiger partial charge < -0.3 is 10.2 Å². The van der Waals surface area contributed by atoms with Crippen LogP contribution in [-0.2, 0) is 17.5 Å². The zero-order valence-electron chi connectivity index (χ0n) is 11.4. The number of halogens is 3. The first-order valence-corrected chi connectivity index (χ1v) is 6.20. The highest BCUT2D eigenvalue weighted by Crippen LogP contribution is 2.27. The van der Waals surface area contributed by atoms with E-state index in [1.807, 2.05) is 0 Å². The predicted octanol–water partition coefficient (Wildman–Crippen LogP) is 1.46. The van der Waals surface area contributed by atoms with E-state index in [4.69, 9.17) is 5.11 Å². The molecule has 0 atom stereocenters. The Hall–Kier alpha value is -3.04. The number of benzene rings is 1. The minimum absolute atomic E-state index is 0.136. The third-order valence-corrected chi connectivity index (χ3v) is 2.64. The Morgan fingerprint density at radius 3 is 2.70 bits per heavy atom. The number of phenols is 2. The average molecular weight is 328 g/mol. The van der Waals surface area contributed by atoms with E-state index in [0.29, 0.717) is 0 Å². The van der Waals surface area contributed by atoms with Gasteiger partial charge in [-0.05, 0) is 18.2 Å². The van der Waals surface area contributed by atoms with Crippen molar-refractivity contribution in [2.24, 2.45) is 5.10 Å². The molecule has 7 nitrogen and oxygen atoms in total. The van der Waals surface area contributed by atoms with Gasteiger partial charge in [0.15, 0.2) is 5.69 Å². The van der Waals surface area contributed by atoms with Crippen LogP contribution in [-0.4, -0.2) is 32.1 Å². The molecule has 23 heavy (non-hydrogen) atoms. The minimum Gasteiger partial charge on any atom is -0.508 e. The van der Waals surface area contributed by atoms with E-state index in [2.05, 4.69) is 15.6 Å². The van der Waals surface area contributed by atoms with Crippen molar-refractivity contribution < 1.29 is 28.2 Å². The molecule has 0 radical (unpaired) electrons. The number of alkyl halides is 3. The second-order valence-electron chi connectivity index (χ2n) is 4.43. The van der Waals surface area contributed by atoms with E-state index in [1.165, 1.54) is 12.1 Å². The van der Waals surface area contributed by atoms with Crippen LogP contribution in [0.2, 0.25) is 0 Å². The Bertz CT molecular complexity index is 740. The topological polar surface area (TPSA) is 99.7 Å². The summed E-state index contributed by atoms with van der Waals surface area (Å²) in [6.07, 6.45) is -2.43. The molecule has 2 rings (SSSR count). The van der Waals surface area contributed by atoms with Gasteiger partial charge in [-0.1, -0.05) is 0 Å². The van der Waals surface area contributed by atoms with Crippen LogP contribution < -0.4 is 5.43 Å². The maximum Gasteiger partial charge on any atom is 0.435 e. The summed E-state index contributed by atoms with van der Waals surface area (Å²) < 4.78 is 37.9. The smallest absolute Gasteiger partial charge is 0.435 e. The second-order valence-corrected chi connectivity index (χ2v) is 4.43. The van der Waals surface area contributed by atoms with Crippen molar-refractivity contribution in [2.45, 2.75) is 12.7 Å². The number of phenolic OH excluding ortho intramolecular Hbond substituents is 2. The predicted molar refractivity (Wildman–Crippen MR) is 72.7 cm³/mol. The lowest BCUT2D eigenvalue weighted by molar-refractivity contribution is -0.141. The van der Waals surface area contributed by atoms with Crippen LogP contribution in [0, 0.1) is 0 Å². The summed E-state index contributed by atoms with van der Waals surface area (Å²) in [5.41, 5.74) is 1.23. The van der Waals surface area contributed by atoms with Gasteiger partial charge >= 0.3 is 6.18 Å². The fraction of sp³-hybridized carbons (Fsp3) is 0.154. The molecule has 0 spiro atoms. The summed E-state index contributed by atoms with van der Waals surface area (Å²) in [7, 11) is 0. The number of hydrazone groups is 1. The number of carbonyl (C=O) groups is 1. The van der Waals surface area contributed by atoms with Gasteiger partial charge in [0.2, 0.25) is 0 Å². The summed E-state index contributed by atoms with van der Waals surface area (Å²) in [4.78, 5) is 11.5. The first-order chi connectivity index (χ1) is 10.8. The quantitative estimate of drug-likeness (QED) is 0.584. The average Bonchev–Trinajstić information content (AvgIpc) is 2.89. The van der Waals surface area contributed by atoms with Gasteiger partial charge in [0.05, 0.1) is 6.21 Å². The normalized spacial score (nSPS) is 11.8. The van der Waals surface area contributed by atoms with Crippen molar-refractivity contribution >= 4 is 12.1 Å². The third-order valence-electron chi connectivity index (χ3n) is 2.64. The monoisotopic (exact) mass is 328 g/mol. The fourth-order valence-corrected chi connectivity index (χ4v) is 1.60. The first kappa shape index (κ1) is 16.3. The van der Waals surface area contributed by atoms with Crippen molar-refractivity contribution in [2.75, 3.05) is 0 Å². The molecule has 0 unspecified atom stereocenters. The number of nitrogens with zero attached hydrogens (tertiary/aromatic N) is 3. The van der Waals surface area contributed by atoms with Gasteiger partial charge in [-0.3, -0.25) is 9.48 Å². The SMILES string of the molecule is O=C(Cn1ccc(C(F)(F)F)n1)NN=Cc1ccc(O)cc1O. The van der Waals surface area contributed by atoms with E-state index in [-0.39, 0.29) is 17.1 Å². The molecule has 0 fully saturated rings. The standard InChI is InChI=1S/C13H11F3N4O3/c14-13(15,16)11-3-4-20(19-11)7-12(23)18-17-6-8-1-2-9(21)5-10(8)22/h1-6,21-22H,7H2,(H,18,23). The molecule has 122 valence electrons. The molecular weight excluding hydrogens is 317 g/mol. The van der Waals surface area contributed by atoms with E-state index in [9.17, 15) is 23.1 Å². The maximum absolute atomic E-state index is 12.4. The fourth-order valence-electron chi connectivity index (χ4n) is 1.60. The molecule has 0 saturated carbocycles. The van der Waals surface area contributed by atoms with Crippen LogP contribution in [0.5, 0.6) is 11.5 Å². The van der Waals surface area contributed by atoms with Crippen LogP contribution in [0.25, 0.3) is 0 Å². The van der Waals surface area contributed by atoms with Crippen molar-refractivity contribution in [3.8, 4) is 11.5 Å². The Morgan fingerprint density at radius 1 is 1.35 bits per heavy atom. The lowest BCUT2D eigenvalue weighted by Gasteiger charge is -2.02. The summed E-state index contributed by atoms with van der Waals surface area (Å²) in [6.45, 7) is -0.449. The summed E-state index contributed by atoms with van der Waals surface area (Å²) in [5.74, 6) is -1.08. The van der Waals surface area contributed by atoms with Crippen LogP contribution in [0.3, 0.4) is 0 Å².